The Kier molecular flexibility index (Phi) is 7.23. The van der Waals surface area contributed by atoms with Crippen molar-refractivity contribution in [1.29, 1.82) is 0 Å². The molecule has 1 atom stereocenters. The van der Waals surface area contributed by atoms with Crippen LogP contribution >= 0.6 is 0 Å². The second kappa shape index (κ2) is 9.68. The van der Waals surface area contributed by atoms with Crippen molar-refractivity contribution in [3.05, 3.63) is 24.3 Å². The van der Waals surface area contributed by atoms with Gasteiger partial charge in [0, 0.05) is 30.7 Å². The third-order valence-corrected chi connectivity index (χ3v) is 7.75. The van der Waals surface area contributed by atoms with Crippen molar-refractivity contribution >= 4 is 27.3 Å². The maximum absolute atomic E-state index is 13.4. The van der Waals surface area contributed by atoms with Crippen molar-refractivity contribution in [2.24, 2.45) is 5.73 Å². The van der Waals surface area contributed by atoms with Crippen LogP contribution in [0.3, 0.4) is 0 Å². The number of hydrogen-bond donors (Lipinski definition) is 1. The summed E-state index contributed by atoms with van der Waals surface area (Å²) in [4.78, 5) is 28.4. The molecular weight excluding hydrogens is 406 g/mol. The molecule has 8 nitrogen and oxygen atoms in total. The standard InChI is InChI=1S/C21H31N3O5S/c1-29-19-8-6-16(7-9-19)23(12-10-20(22)25)14-21(26)24(17-4-2-3-5-17)18-11-13-30(27,28)15-18/h6-9,17-18H,2-5,10-15H2,1H3,(H2,22,25). The fraction of sp³-hybridized carbons (Fsp3) is 0.619. The molecule has 166 valence electrons. The number of nitrogens with zero attached hydrogens (tertiary/aromatic N) is 2. The van der Waals surface area contributed by atoms with Gasteiger partial charge in [-0.2, -0.15) is 0 Å². The van der Waals surface area contributed by atoms with Gasteiger partial charge < -0.3 is 20.3 Å². The maximum Gasteiger partial charge on any atom is 0.242 e. The van der Waals surface area contributed by atoms with Crippen LogP contribution in [0.1, 0.15) is 38.5 Å². The van der Waals surface area contributed by atoms with Gasteiger partial charge in [0.2, 0.25) is 11.8 Å². The molecule has 1 heterocycles. The van der Waals surface area contributed by atoms with Gasteiger partial charge in [0.1, 0.15) is 5.75 Å². The Morgan fingerprint density at radius 1 is 1.10 bits per heavy atom. The Labute approximate surface area is 178 Å². The molecule has 1 aromatic rings. The molecule has 2 N–H and O–H groups in total. The summed E-state index contributed by atoms with van der Waals surface area (Å²) >= 11 is 0. The lowest BCUT2D eigenvalue weighted by Crippen LogP contribution is -2.51. The van der Waals surface area contributed by atoms with Crippen LogP contribution in [0.2, 0.25) is 0 Å². The van der Waals surface area contributed by atoms with Crippen LogP contribution in [0.5, 0.6) is 5.75 Å². The predicted molar refractivity (Wildman–Crippen MR) is 115 cm³/mol. The van der Waals surface area contributed by atoms with E-state index < -0.39 is 15.7 Å². The van der Waals surface area contributed by atoms with Crippen LogP contribution in [0, 0.1) is 0 Å². The van der Waals surface area contributed by atoms with Crippen LogP contribution in [0.15, 0.2) is 24.3 Å². The fourth-order valence-electron chi connectivity index (χ4n) is 4.47. The number of carbonyl (C=O) groups excluding carboxylic acids is 2. The summed E-state index contributed by atoms with van der Waals surface area (Å²) in [7, 11) is -1.51. The molecule has 0 radical (unpaired) electrons. The smallest absolute Gasteiger partial charge is 0.242 e. The Morgan fingerprint density at radius 2 is 1.77 bits per heavy atom. The molecule has 2 amide bonds. The number of methoxy groups -OCH3 is 1. The van der Waals surface area contributed by atoms with Crippen molar-refractivity contribution in [2.75, 3.05) is 36.6 Å². The first kappa shape index (κ1) is 22.4. The first-order valence-electron chi connectivity index (χ1n) is 10.5. The number of rotatable bonds is 9. The SMILES string of the molecule is COc1ccc(N(CCC(N)=O)CC(=O)N(C2CCCC2)C2CCS(=O)(=O)C2)cc1. The average molecular weight is 438 g/mol. The van der Waals surface area contributed by atoms with E-state index in [2.05, 4.69) is 0 Å². The van der Waals surface area contributed by atoms with Crippen molar-refractivity contribution in [1.82, 2.24) is 4.90 Å². The highest BCUT2D eigenvalue weighted by atomic mass is 32.2. The van der Waals surface area contributed by atoms with Crippen LogP contribution in [-0.2, 0) is 19.4 Å². The number of primary amides is 1. The fourth-order valence-corrected chi connectivity index (χ4v) is 6.18. The molecule has 1 aliphatic carbocycles. The minimum absolute atomic E-state index is 0.0407. The number of amides is 2. The lowest BCUT2D eigenvalue weighted by atomic mass is 10.1. The zero-order valence-corrected chi connectivity index (χ0v) is 18.3. The molecule has 2 fully saturated rings. The lowest BCUT2D eigenvalue weighted by Gasteiger charge is -2.36. The number of ether oxygens (including phenoxy) is 1. The lowest BCUT2D eigenvalue weighted by molar-refractivity contribution is -0.134. The van der Waals surface area contributed by atoms with E-state index in [4.69, 9.17) is 10.5 Å². The summed E-state index contributed by atoms with van der Waals surface area (Å²) in [6.07, 6.45) is 4.54. The Balaban J connectivity index is 1.80. The highest BCUT2D eigenvalue weighted by Crippen LogP contribution is 2.30. The van der Waals surface area contributed by atoms with Gasteiger partial charge >= 0.3 is 0 Å². The zero-order chi connectivity index (χ0) is 21.7. The molecule has 1 aliphatic heterocycles. The van der Waals surface area contributed by atoms with Gasteiger partial charge in [0.25, 0.3) is 0 Å². The van der Waals surface area contributed by atoms with E-state index in [1.54, 1.807) is 19.2 Å². The monoisotopic (exact) mass is 437 g/mol. The molecule has 0 spiro atoms. The van der Waals surface area contributed by atoms with Gasteiger partial charge in [-0.15, -0.1) is 0 Å². The van der Waals surface area contributed by atoms with E-state index in [0.29, 0.717) is 18.7 Å². The van der Waals surface area contributed by atoms with Gasteiger partial charge in [0.15, 0.2) is 9.84 Å². The number of hydrogen-bond acceptors (Lipinski definition) is 6. The van der Waals surface area contributed by atoms with E-state index in [1.165, 1.54) is 0 Å². The van der Waals surface area contributed by atoms with Crippen LogP contribution in [0.4, 0.5) is 5.69 Å². The van der Waals surface area contributed by atoms with E-state index in [1.807, 2.05) is 21.9 Å². The van der Waals surface area contributed by atoms with Crippen molar-refractivity contribution in [2.45, 2.75) is 50.6 Å². The third-order valence-electron chi connectivity index (χ3n) is 6.00. The molecule has 2 aliphatic rings. The second-order valence-electron chi connectivity index (χ2n) is 8.13. The van der Waals surface area contributed by atoms with E-state index in [-0.39, 0.29) is 42.5 Å². The minimum Gasteiger partial charge on any atom is -0.497 e. The van der Waals surface area contributed by atoms with E-state index in [9.17, 15) is 18.0 Å². The molecule has 3 rings (SSSR count). The Morgan fingerprint density at radius 3 is 2.30 bits per heavy atom. The highest BCUT2D eigenvalue weighted by Gasteiger charge is 2.39. The minimum atomic E-state index is -3.10. The number of benzene rings is 1. The van der Waals surface area contributed by atoms with E-state index in [0.717, 1.165) is 31.4 Å². The van der Waals surface area contributed by atoms with E-state index >= 15 is 0 Å². The molecule has 1 saturated carbocycles. The second-order valence-corrected chi connectivity index (χ2v) is 10.4. The summed E-state index contributed by atoms with van der Waals surface area (Å²) in [5.74, 6) is 0.348. The number of carbonyl (C=O) groups is 2. The van der Waals surface area contributed by atoms with Gasteiger partial charge in [-0.3, -0.25) is 9.59 Å². The number of nitrogens with two attached hydrogens (primary N) is 1. The maximum atomic E-state index is 13.4. The van der Waals surface area contributed by atoms with Crippen LogP contribution in [-0.4, -0.2) is 68.9 Å². The number of sulfone groups is 1. The molecule has 1 aromatic carbocycles. The third kappa shape index (κ3) is 5.65. The zero-order valence-electron chi connectivity index (χ0n) is 17.5. The average Bonchev–Trinajstić information content (AvgIpc) is 3.35. The van der Waals surface area contributed by atoms with Gasteiger partial charge in [-0.05, 0) is 43.5 Å². The van der Waals surface area contributed by atoms with Crippen molar-refractivity contribution < 1.29 is 22.7 Å². The molecule has 1 saturated heterocycles. The van der Waals surface area contributed by atoms with Crippen molar-refractivity contribution in [3.63, 3.8) is 0 Å². The Hall–Kier alpha value is -2.29. The van der Waals surface area contributed by atoms with Crippen LogP contribution in [0.25, 0.3) is 0 Å². The summed E-state index contributed by atoms with van der Waals surface area (Å²) in [5, 5.41) is 0. The normalized spacial score (nSPS) is 20.8. The Bertz CT molecular complexity index is 850. The van der Waals surface area contributed by atoms with Gasteiger partial charge in [0.05, 0.1) is 25.2 Å². The largest absolute Gasteiger partial charge is 0.497 e. The summed E-state index contributed by atoms with van der Waals surface area (Å²) in [6.45, 7) is 0.390. The molecule has 1 unspecified atom stereocenters. The quantitative estimate of drug-likeness (QED) is 0.624. The summed E-state index contributed by atoms with van der Waals surface area (Å²) in [6, 6.07) is 7.11. The van der Waals surface area contributed by atoms with Gasteiger partial charge in [-0.1, -0.05) is 12.8 Å². The molecule has 9 heteroatoms. The first-order valence-corrected chi connectivity index (χ1v) is 12.3. The topological polar surface area (TPSA) is 110 Å². The van der Waals surface area contributed by atoms with Gasteiger partial charge in [-0.25, -0.2) is 8.42 Å². The first-order chi connectivity index (χ1) is 14.3. The number of anilines is 1. The van der Waals surface area contributed by atoms with Crippen molar-refractivity contribution in [3.8, 4) is 5.75 Å². The molecule has 0 aromatic heterocycles. The molecule has 30 heavy (non-hydrogen) atoms. The predicted octanol–water partition coefficient (Wildman–Crippen LogP) is 1.34. The summed E-state index contributed by atoms with van der Waals surface area (Å²) < 4.78 is 29.3. The molecule has 0 bridgehead atoms. The van der Waals surface area contributed by atoms with Crippen LogP contribution < -0.4 is 15.4 Å². The molecular formula is C21H31N3O5S. The highest BCUT2D eigenvalue weighted by molar-refractivity contribution is 7.91. The summed E-state index contributed by atoms with van der Waals surface area (Å²) in [5.41, 5.74) is 6.12.